The van der Waals surface area contributed by atoms with Gasteiger partial charge in [-0.3, -0.25) is 4.79 Å². The molecular formula is C21H21N3O2. The average Bonchev–Trinajstić information content (AvgIpc) is 2.72. The number of hydrogen-bond donors (Lipinski definition) is 0. The lowest BCUT2D eigenvalue weighted by molar-refractivity contribution is -0.133. The lowest BCUT2D eigenvalue weighted by Gasteiger charge is -2.35. The molecule has 0 bridgehead atoms. The van der Waals surface area contributed by atoms with Crippen LogP contribution < -0.4 is 9.64 Å². The number of aromatic nitrogens is 1. The van der Waals surface area contributed by atoms with Gasteiger partial charge in [-0.15, -0.1) is 0 Å². The van der Waals surface area contributed by atoms with Crippen molar-refractivity contribution >= 4 is 22.5 Å². The van der Waals surface area contributed by atoms with Gasteiger partial charge in [-0.1, -0.05) is 42.5 Å². The van der Waals surface area contributed by atoms with Gasteiger partial charge in [0.1, 0.15) is 11.6 Å². The smallest absolute Gasteiger partial charge is 0.260 e. The van der Waals surface area contributed by atoms with Crippen LogP contribution in [0.25, 0.3) is 10.8 Å². The highest BCUT2D eigenvalue weighted by Gasteiger charge is 2.23. The molecule has 0 spiro atoms. The minimum Gasteiger partial charge on any atom is -0.484 e. The predicted octanol–water partition coefficient (Wildman–Crippen LogP) is 2.96. The molecule has 0 N–H and O–H groups in total. The van der Waals surface area contributed by atoms with Gasteiger partial charge in [0.15, 0.2) is 6.61 Å². The third-order valence-corrected chi connectivity index (χ3v) is 4.69. The van der Waals surface area contributed by atoms with Crippen LogP contribution in [0.2, 0.25) is 0 Å². The first-order valence-electron chi connectivity index (χ1n) is 8.85. The monoisotopic (exact) mass is 347 g/mol. The number of rotatable bonds is 4. The number of pyridine rings is 1. The number of nitrogens with zero attached hydrogens (tertiary/aromatic N) is 3. The van der Waals surface area contributed by atoms with Crippen molar-refractivity contribution in [3.63, 3.8) is 0 Å². The molecule has 1 aromatic heterocycles. The van der Waals surface area contributed by atoms with Crippen LogP contribution in [-0.4, -0.2) is 48.6 Å². The van der Waals surface area contributed by atoms with Gasteiger partial charge in [0, 0.05) is 37.8 Å². The Balaban J connectivity index is 1.37. The van der Waals surface area contributed by atoms with Crippen molar-refractivity contribution in [2.75, 3.05) is 37.7 Å². The summed E-state index contributed by atoms with van der Waals surface area (Å²) in [6, 6.07) is 19.7. The summed E-state index contributed by atoms with van der Waals surface area (Å²) >= 11 is 0. The van der Waals surface area contributed by atoms with Gasteiger partial charge in [-0.05, 0) is 23.6 Å². The van der Waals surface area contributed by atoms with Crippen molar-refractivity contribution in [2.45, 2.75) is 0 Å². The van der Waals surface area contributed by atoms with Crippen LogP contribution in [0.15, 0.2) is 66.9 Å². The normalized spacial score (nSPS) is 14.5. The van der Waals surface area contributed by atoms with Gasteiger partial charge in [0.25, 0.3) is 5.91 Å². The summed E-state index contributed by atoms with van der Waals surface area (Å²) in [5, 5.41) is 2.34. The highest BCUT2D eigenvalue weighted by atomic mass is 16.5. The van der Waals surface area contributed by atoms with Gasteiger partial charge in [-0.2, -0.15) is 0 Å². The summed E-state index contributed by atoms with van der Waals surface area (Å²) in [5.41, 5.74) is 0. The van der Waals surface area contributed by atoms with Crippen molar-refractivity contribution in [2.24, 2.45) is 0 Å². The molecule has 26 heavy (non-hydrogen) atoms. The quantitative estimate of drug-likeness (QED) is 0.728. The Bertz CT molecular complexity index is 885. The topological polar surface area (TPSA) is 45.7 Å². The fourth-order valence-electron chi connectivity index (χ4n) is 3.28. The second-order valence-corrected chi connectivity index (χ2v) is 6.33. The third-order valence-electron chi connectivity index (χ3n) is 4.69. The zero-order chi connectivity index (χ0) is 17.8. The highest BCUT2D eigenvalue weighted by molar-refractivity contribution is 5.92. The lowest BCUT2D eigenvalue weighted by atomic mass is 10.1. The molecule has 1 aliphatic heterocycles. The third kappa shape index (κ3) is 3.47. The van der Waals surface area contributed by atoms with E-state index in [0.717, 1.165) is 30.0 Å². The van der Waals surface area contributed by atoms with E-state index in [9.17, 15) is 4.79 Å². The van der Waals surface area contributed by atoms with E-state index in [1.165, 1.54) is 5.39 Å². The van der Waals surface area contributed by atoms with Gasteiger partial charge in [0.2, 0.25) is 0 Å². The van der Waals surface area contributed by atoms with E-state index >= 15 is 0 Å². The molecule has 132 valence electrons. The Morgan fingerprint density at radius 1 is 0.923 bits per heavy atom. The summed E-state index contributed by atoms with van der Waals surface area (Å²) in [5.74, 6) is 1.74. The first-order chi connectivity index (χ1) is 12.8. The van der Waals surface area contributed by atoms with E-state index in [4.69, 9.17) is 4.74 Å². The number of ether oxygens (including phenoxy) is 1. The summed E-state index contributed by atoms with van der Waals surface area (Å²) in [6.45, 7) is 3.00. The number of fused-ring (bicyclic) bond motifs is 1. The Morgan fingerprint density at radius 3 is 2.46 bits per heavy atom. The van der Waals surface area contributed by atoms with E-state index in [1.54, 1.807) is 0 Å². The van der Waals surface area contributed by atoms with Crippen molar-refractivity contribution in [1.29, 1.82) is 0 Å². The number of anilines is 1. The van der Waals surface area contributed by atoms with E-state index in [-0.39, 0.29) is 12.5 Å². The van der Waals surface area contributed by atoms with Crippen molar-refractivity contribution in [3.8, 4) is 5.75 Å². The largest absolute Gasteiger partial charge is 0.484 e. The molecule has 0 atom stereocenters. The molecule has 2 heterocycles. The Hall–Kier alpha value is -3.08. The first kappa shape index (κ1) is 16.4. The number of amides is 1. The van der Waals surface area contributed by atoms with Crippen LogP contribution in [-0.2, 0) is 4.79 Å². The van der Waals surface area contributed by atoms with Crippen LogP contribution >= 0.6 is 0 Å². The summed E-state index contributed by atoms with van der Waals surface area (Å²) in [7, 11) is 0. The number of piperazine rings is 1. The molecule has 0 radical (unpaired) electrons. The highest BCUT2D eigenvalue weighted by Crippen LogP contribution is 2.25. The molecule has 2 aromatic carbocycles. The molecule has 1 saturated heterocycles. The van der Waals surface area contributed by atoms with Crippen LogP contribution in [0.3, 0.4) is 0 Å². The molecule has 5 heteroatoms. The summed E-state index contributed by atoms with van der Waals surface area (Å²) < 4.78 is 5.57. The molecule has 1 aliphatic rings. The molecule has 1 amide bonds. The van der Waals surface area contributed by atoms with Gasteiger partial charge < -0.3 is 14.5 Å². The molecule has 0 saturated carbocycles. The zero-order valence-corrected chi connectivity index (χ0v) is 14.5. The van der Waals surface area contributed by atoms with E-state index in [1.807, 2.05) is 59.6 Å². The second kappa shape index (κ2) is 7.44. The molecular weight excluding hydrogens is 326 g/mol. The summed E-state index contributed by atoms with van der Waals surface area (Å²) in [4.78, 5) is 21.1. The second-order valence-electron chi connectivity index (χ2n) is 6.33. The number of benzene rings is 2. The number of hydrogen-bond acceptors (Lipinski definition) is 4. The van der Waals surface area contributed by atoms with Crippen molar-refractivity contribution < 1.29 is 9.53 Å². The molecule has 4 rings (SSSR count). The van der Waals surface area contributed by atoms with Gasteiger partial charge in [0.05, 0.1) is 0 Å². The molecule has 0 aliphatic carbocycles. The fraction of sp³-hybridized carbons (Fsp3) is 0.238. The minimum absolute atomic E-state index is 0.0272. The maximum absolute atomic E-state index is 12.4. The SMILES string of the molecule is O=C(COc1ccccc1)N1CCN(c2nccc3ccccc23)CC1. The molecule has 1 fully saturated rings. The Kier molecular flexibility index (Phi) is 4.69. The predicted molar refractivity (Wildman–Crippen MR) is 102 cm³/mol. The van der Waals surface area contributed by atoms with Crippen molar-refractivity contribution in [1.82, 2.24) is 9.88 Å². The first-order valence-corrected chi connectivity index (χ1v) is 8.85. The lowest BCUT2D eigenvalue weighted by Crippen LogP contribution is -2.50. The molecule has 3 aromatic rings. The van der Waals surface area contributed by atoms with Crippen LogP contribution in [0.4, 0.5) is 5.82 Å². The van der Waals surface area contributed by atoms with E-state index in [2.05, 4.69) is 22.0 Å². The maximum Gasteiger partial charge on any atom is 0.260 e. The maximum atomic E-state index is 12.4. The number of para-hydroxylation sites is 1. The minimum atomic E-state index is 0.0272. The molecule has 0 unspecified atom stereocenters. The van der Waals surface area contributed by atoms with E-state index in [0.29, 0.717) is 13.1 Å². The Labute approximate surface area is 152 Å². The van der Waals surface area contributed by atoms with E-state index < -0.39 is 0 Å². The van der Waals surface area contributed by atoms with Crippen LogP contribution in [0, 0.1) is 0 Å². The van der Waals surface area contributed by atoms with Gasteiger partial charge in [-0.25, -0.2) is 4.98 Å². The number of carbonyl (C=O) groups excluding carboxylic acids is 1. The van der Waals surface area contributed by atoms with Gasteiger partial charge >= 0.3 is 0 Å². The standard InChI is InChI=1S/C21H21N3O2/c25-20(16-26-18-7-2-1-3-8-18)23-12-14-24(15-13-23)21-19-9-5-4-6-17(19)10-11-22-21/h1-11H,12-16H2. The average molecular weight is 347 g/mol. The Morgan fingerprint density at radius 2 is 1.65 bits per heavy atom. The van der Waals surface area contributed by atoms with Crippen molar-refractivity contribution in [3.05, 3.63) is 66.9 Å². The van der Waals surface area contributed by atoms with Crippen LogP contribution in [0.5, 0.6) is 5.75 Å². The zero-order valence-electron chi connectivity index (χ0n) is 14.5. The van der Waals surface area contributed by atoms with Crippen LogP contribution in [0.1, 0.15) is 0 Å². The fourth-order valence-corrected chi connectivity index (χ4v) is 3.28. The number of carbonyl (C=O) groups is 1. The molecule has 5 nitrogen and oxygen atoms in total. The summed E-state index contributed by atoms with van der Waals surface area (Å²) in [6.07, 6.45) is 1.85.